The maximum absolute atomic E-state index is 14.2. The summed E-state index contributed by atoms with van der Waals surface area (Å²) in [6.07, 6.45) is 0. The molecule has 0 aromatic heterocycles. The Morgan fingerprint density at radius 1 is 1.15 bits per heavy atom. The van der Waals surface area contributed by atoms with Crippen molar-refractivity contribution in [2.45, 2.75) is 12.3 Å². The summed E-state index contributed by atoms with van der Waals surface area (Å²) in [7, 11) is 1.20. The molecule has 0 fully saturated rings. The SMILES string of the molecule is CCOC(=O)C1=C(c2ccccc2)OC(N)=C(C#N)C12C(=O)N(CC(=O)OC)c1ccccc12. The number of hydrogen-bond donors (Lipinski definition) is 1. The number of hydrogen-bond acceptors (Lipinski definition) is 8. The molecular formula is C25H21N3O6. The van der Waals surface area contributed by atoms with E-state index in [0.717, 1.165) is 0 Å². The van der Waals surface area contributed by atoms with Gasteiger partial charge in [-0.2, -0.15) is 5.26 Å². The molecule has 0 radical (unpaired) electrons. The predicted octanol–water partition coefficient (Wildman–Crippen LogP) is 2.14. The van der Waals surface area contributed by atoms with Crippen molar-refractivity contribution in [1.82, 2.24) is 0 Å². The van der Waals surface area contributed by atoms with Gasteiger partial charge in [-0.05, 0) is 13.0 Å². The van der Waals surface area contributed by atoms with Gasteiger partial charge in [0.15, 0.2) is 5.41 Å². The molecule has 9 heteroatoms. The van der Waals surface area contributed by atoms with Crippen molar-refractivity contribution in [2.24, 2.45) is 5.73 Å². The number of para-hydroxylation sites is 1. The Balaban J connectivity index is 2.12. The molecule has 0 saturated carbocycles. The van der Waals surface area contributed by atoms with Crippen LogP contribution in [-0.2, 0) is 34.0 Å². The summed E-state index contributed by atoms with van der Waals surface area (Å²) in [5.74, 6) is -2.55. The van der Waals surface area contributed by atoms with Crippen LogP contribution in [0.1, 0.15) is 18.1 Å². The Labute approximate surface area is 195 Å². The molecule has 0 aliphatic carbocycles. The molecule has 34 heavy (non-hydrogen) atoms. The minimum atomic E-state index is -1.97. The fraction of sp³-hybridized carbons (Fsp3) is 0.200. The number of methoxy groups -OCH3 is 1. The van der Waals surface area contributed by atoms with E-state index in [4.69, 9.17) is 19.9 Å². The highest BCUT2D eigenvalue weighted by atomic mass is 16.5. The van der Waals surface area contributed by atoms with Crippen molar-refractivity contribution >= 4 is 29.3 Å². The van der Waals surface area contributed by atoms with Gasteiger partial charge in [0.05, 0.1) is 13.7 Å². The van der Waals surface area contributed by atoms with Crippen LogP contribution >= 0.6 is 0 Å². The summed E-state index contributed by atoms with van der Waals surface area (Å²) < 4.78 is 15.9. The Morgan fingerprint density at radius 3 is 2.47 bits per heavy atom. The summed E-state index contributed by atoms with van der Waals surface area (Å²) in [6.45, 7) is 1.22. The molecule has 1 unspecified atom stereocenters. The lowest BCUT2D eigenvalue weighted by Crippen LogP contribution is -2.49. The number of amides is 1. The Kier molecular flexibility index (Phi) is 5.82. The van der Waals surface area contributed by atoms with Crippen LogP contribution in [0.3, 0.4) is 0 Å². The highest BCUT2D eigenvalue weighted by Gasteiger charge is 2.62. The van der Waals surface area contributed by atoms with Crippen LogP contribution in [-0.4, -0.2) is 38.1 Å². The largest absolute Gasteiger partial charge is 0.468 e. The van der Waals surface area contributed by atoms with E-state index in [1.54, 1.807) is 61.5 Å². The molecule has 2 aromatic carbocycles. The van der Waals surface area contributed by atoms with Crippen LogP contribution in [0.25, 0.3) is 5.76 Å². The first-order valence-electron chi connectivity index (χ1n) is 10.5. The van der Waals surface area contributed by atoms with E-state index in [1.165, 1.54) is 12.0 Å². The van der Waals surface area contributed by atoms with E-state index in [-0.39, 0.29) is 29.4 Å². The fourth-order valence-corrected chi connectivity index (χ4v) is 4.36. The molecule has 2 aliphatic rings. The van der Waals surface area contributed by atoms with Gasteiger partial charge in [0.25, 0.3) is 0 Å². The van der Waals surface area contributed by atoms with Gasteiger partial charge >= 0.3 is 11.9 Å². The minimum absolute atomic E-state index is 0.00128. The molecule has 0 saturated heterocycles. The highest BCUT2D eigenvalue weighted by molar-refractivity contribution is 6.21. The third-order valence-electron chi connectivity index (χ3n) is 5.74. The second-order valence-corrected chi connectivity index (χ2v) is 7.48. The quantitative estimate of drug-likeness (QED) is 0.673. The first kappa shape index (κ1) is 22.6. The Morgan fingerprint density at radius 2 is 1.82 bits per heavy atom. The third kappa shape index (κ3) is 3.19. The normalized spacial score (nSPS) is 19.0. The first-order valence-corrected chi connectivity index (χ1v) is 10.5. The van der Waals surface area contributed by atoms with E-state index in [0.29, 0.717) is 16.8 Å². The van der Waals surface area contributed by atoms with Crippen molar-refractivity contribution in [1.29, 1.82) is 5.26 Å². The Bertz CT molecular complexity index is 1290. The fourth-order valence-electron chi connectivity index (χ4n) is 4.36. The molecule has 1 atom stereocenters. The van der Waals surface area contributed by atoms with Gasteiger partial charge in [-0.15, -0.1) is 0 Å². The van der Waals surface area contributed by atoms with Gasteiger partial charge in [-0.25, -0.2) is 4.79 Å². The standard InChI is InChI=1S/C25H21N3O6/c1-3-33-23(30)20-21(15-9-5-4-6-10-15)34-22(27)17(13-26)25(20)16-11-7-8-12-18(16)28(24(25)31)14-19(29)32-2/h4-12H,3,14,27H2,1-2H3. The van der Waals surface area contributed by atoms with E-state index < -0.39 is 29.8 Å². The molecule has 1 amide bonds. The monoisotopic (exact) mass is 459 g/mol. The van der Waals surface area contributed by atoms with Crippen molar-refractivity contribution in [3.05, 3.63) is 82.8 Å². The second-order valence-electron chi connectivity index (χ2n) is 7.48. The molecule has 2 N–H and O–H groups in total. The highest BCUT2D eigenvalue weighted by Crippen LogP contribution is 2.55. The number of fused-ring (bicyclic) bond motifs is 2. The zero-order chi connectivity index (χ0) is 24.5. The number of nitriles is 1. The molecular weight excluding hydrogens is 438 g/mol. The number of rotatable bonds is 5. The van der Waals surface area contributed by atoms with Gasteiger partial charge in [0, 0.05) is 16.8 Å². The van der Waals surface area contributed by atoms with Gasteiger partial charge in [-0.3, -0.25) is 14.5 Å². The molecule has 9 nitrogen and oxygen atoms in total. The van der Waals surface area contributed by atoms with Gasteiger partial charge < -0.3 is 19.9 Å². The van der Waals surface area contributed by atoms with Crippen LogP contribution < -0.4 is 10.6 Å². The maximum atomic E-state index is 14.2. The van der Waals surface area contributed by atoms with Crippen LogP contribution in [0, 0.1) is 11.3 Å². The van der Waals surface area contributed by atoms with Gasteiger partial charge in [0.2, 0.25) is 11.8 Å². The number of nitrogens with zero attached hydrogens (tertiary/aromatic N) is 2. The zero-order valence-electron chi connectivity index (χ0n) is 18.5. The number of carbonyl (C=O) groups excluding carboxylic acids is 3. The van der Waals surface area contributed by atoms with Crippen molar-refractivity contribution in [2.75, 3.05) is 25.2 Å². The number of ether oxygens (including phenoxy) is 3. The maximum Gasteiger partial charge on any atom is 0.339 e. The molecule has 1 spiro atoms. The van der Waals surface area contributed by atoms with Crippen LogP contribution in [0.5, 0.6) is 0 Å². The van der Waals surface area contributed by atoms with Crippen LogP contribution in [0.15, 0.2) is 71.6 Å². The lowest BCUT2D eigenvalue weighted by molar-refractivity contribution is -0.141. The summed E-state index contributed by atoms with van der Waals surface area (Å²) >= 11 is 0. The predicted molar refractivity (Wildman–Crippen MR) is 120 cm³/mol. The smallest absolute Gasteiger partial charge is 0.339 e. The lowest BCUT2D eigenvalue weighted by atomic mass is 9.67. The molecule has 2 aromatic rings. The number of anilines is 1. The summed E-state index contributed by atoms with van der Waals surface area (Å²) in [4.78, 5) is 41.0. The molecule has 2 heterocycles. The lowest BCUT2D eigenvalue weighted by Gasteiger charge is -2.35. The average Bonchev–Trinajstić information content (AvgIpc) is 3.08. The van der Waals surface area contributed by atoms with Gasteiger partial charge in [0.1, 0.15) is 29.5 Å². The minimum Gasteiger partial charge on any atom is -0.468 e. The van der Waals surface area contributed by atoms with Crippen LogP contribution in [0.4, 0.5) is 5.69 Å². The average molecular weight is 459 g/mol. The molecule has 2 aliphatic heterocycles. The third-order valence-corrected chi connectivity index (χ3v) is 5.74. The van der Waals surface area contributed by atoms with Crippen LogP contribution in [0.2, 0.25) is 0 Å². The van der Waals surface area contributed by atoms with Crippen molar-refractivity contribution in [3.8, 4) is 6.07 Å². The van der Waals surface area contributed by atoms with Crippen molar-refractivity contribution in [3.63, 3.8) is 0 Å². The summed E-state index contributed by atoms with van der Waals surface area (Å²) in [6, 6.07) is 17.2. The molecule has 172 valence electrons. The van der Waals surface area contributed by atoms with Gasteiger partial charge in [-0.1, -0.05) is 48.5 Å². The van der Waals surface area contributed by atoms with E-state index in [1.807, 2.05) is 6.07 Å². The van der Waals surface area contributed by atoms with E-state index >= 15 is 0 Å². The van der Waals surface area contributed by atoms with E-state index in [9.17, 15) is 19.6 Å². The van der Waals surface area contributed by atoms with E-state index in [2.05, 4.69) is 0 Å². The molecule has 4 rings (SSSR count). The summed E-state index contributed by atoms with van der Waals surface area (Å²) in [5.41, 5.74) is 4.88. The number of benzene rings is 2. The molecule has 0 bridgehead atoms. The number of carbonyl (C=O) groups is 3. The second kappa shape index (κ2) is 8.75. The summed E-state index contributed by atoms with van der Waals surface area (Å²) in [5, 5.41) is 10.1. The number of esters is 2. The number of nitrogens with two attached hydrogens (primary N) is 1. The topological polar surface area (TPSA) is 132 Å². The Hall–Kier alpha value is -4.58. The van der Waals surface area contributed by atoms with Crippen molar-refractivity contribution < 1.29 is 28.6 Å². The zero-order valence-corrected chi connectivity index (χ0v) is 18.5. The first-order chi connectivity index (χ1) is 16.4.